The van der Waals surface area contributed by atoms with Gasteiger partial charge in [-0.25, -0.2) is 4.79 Å². The summed E-state index contributed by atoms with van der Waals surface area (Å²) in [5.41, 5.74) is 2.41. The second-order valence-electron chi connectivity index (χ2n) is 11.3. The van der Waals surface area contributed by atoms with Crippen molar-refractivity contribution in [3.8, 4) is 5.75 Å². The average Bonchev–Trinajstić information content (AvgIpc) is 3.49. The van der Waals surface area contributed by atoms with Gasteiger partial charge in [0.05, 0.1) is 23.3 Å². The number of ether oxygens (including phenoxy) is 1. The molecular formula is C30H39ClN6O4. The predicted molar refractivity (Wildman–Crippen MR) is 158 cm³/mol. The number of hydrogen-bond acceptors (Lipinski definition) is 6. The topological polar surface area (TPSA) is 102 Å². The van der Waals surface area contributed by atoms with Crippen molar-refractivity contribution in [2.24, 2.45) is 0 Å². The largest absolute Gasteiger partial charge is 0.412 e. The second kappa shape index (κ2) is 12.7. The molecule has 2 fully saturated rings. The number of likely N-dealkylation sites (N-methyl/N-ethyl adjacent to an activating group) is 1. The molecule has 1 N–H and O–H groups in total. The van der Waals surface area contributed by atoms with E-state index in [1.807, 2.05) is 34.1 Å². The van der Waals surface area contributed by atoms with E-state index in [9.17, 15) is 14.4 Å². The van der Waals surface area contributed by atoms with Gasteiger partial charge in [-0.2, -0.15) is 5.10 Å². The van der Waals surface area contributed by atoms with E-state index in [2.05, 4.69) is 22.4 Å². The number of carbonyl (C=O) groups is 3. The van der Waals surface area contributed by atoms with Crippen molar-refractivity contribution in [1.29, 1.82) is 0 Å². The van der Waals surface area contributed by atoms with Crippen LogP contribution < -0.4 is 10.1 Å². The summed E-state index contributed by atoms with van der Waals surface area (Å²) >= 11 is 6.27. The summed E-state index contributed by atoms with van der Waals surface area (Å²) in [5.74, 6) is 0.545. The Balaban J connectivity index is 1.20. The predicted octanol–water partition coefficient (Wildman–Crippen LogP) is 4.83. The van der Waals surface area contributed by atoms with Gasteiger partial charge in [0.15, 0.2) is 11.5 Å². The van der Waals surface area contributed by atoms with E-state index in [0.29, 0.717) is 41.2 Å². The maximum Gasteiger partial charge on any atom is 0.412 e. The molecule has 0 radical (unpaired) electrons. The number of nitrogens with one attached hydrogen (secondary N) is 1. The standard InChI is InChI=1S/C30H39ClN6O4/c1-4-5-27(38)25-17-32-37(20(25)2)23-9-7-22(8-10-23)33-30(40)41-28-18-36(26-11-6-21(31)16-24(26)28)19-29(39)35-14-12-34(3)13-15-35/h6,11,16-18,22-23H,4-5,7-10,12-15,19H2,1-3H3,(H,33,40). The van der Waals surface area contributed by atoms with Crippen LogP contribution in [0.25, 0.3) is 10.9 Å². The Labute approximate surface area is 245 Å². The van der Waals surface area contributed by atoms with Gasteiger partial charge in [0.25, 0.3) is 0 Å². The molecule has 0 atom stereocenters. The molecule has 1 aliphatic heterocycles. The van der Waals surface area contributed by atoms with Crippen LogP contribution in [-0.4, -0.2) is 81.2 Å². The molecule has 0 unspecified atom stereocenters. The van der Waals surface area contributed by atoms with Crippen LogP contribution in [0.15, 0.2) is 30.6 Å². The number of benzene rings is 1. The number of hydrogen-bond donors (Lipinski definition) is 1. The Kier molecular flexibility index (Phi) is 8.99. The first-order valence-corrected chi connectivity index (χ1v) is 14.9. The van der Waals surface area contributed by atoms with Crippen LogP contribution in [0, 0.1) is 6.92 Å². The van der Waals surface area contributed by atoms with Crippen LogP contribution in [-0.2, 0) is 11.3 Å². The van der Waals surface area contributed by atoms with Crippen molar-refractivity contribution in [3.05, 3.63) is 46.9 Å². The minimum absolute atomic E-state index is 0.0217. The summed E-state index contributed by atoms with van der Waals surface area (Å²) in [6, 6.07) is 5.55. The fourth-order valence-corrected chi connectivity index (χ4v) is 6.11. The van der Waals surface area contributed by atoms with Crippen molar-refractivity contribution < 1.29 is 19.1 Å². The quantitative estimate of drug-likeness (QED) is 0.382. The third kappa shape index (κ3) is 6.59. The Hall–Kier alpha value is -3.37. The van der Waals surface area contributed by atoms with E-state index in [1.54, 1.807) is 24.5 Å². The summed E-state index contributed by atoms with van der Waals surface area (Å²) in [6.45, 7) is 7.23. The highest BCUT2D eigenvalue weighted by molar-refractivity contribution is 6.31. The van der Waals surface area contributed by atoms with Gasteiger partial charge >= 0.3 is 6.09 Å². The Morgan fingerprint density at radius 2 is 1.83 bits per heavy atom. The Morgan fingerprint density at radius 3 is 2.54 bits per heavy atom. The number of Topliss-reactive ketones (excluding diaryl/α,β-unsaturated/α-hetero) is 1. The first kappa shape index (κ1) is 29.1. The monoisotopic (exact) mass is 582 g/mol. The Bertz CT molecular complexity index is 1420. The van der Waals surface area contributed by atoms with Crippen molar-refractivity contribution in [2.45, 2.75) is 71.0 Å². The van der Waals surface area contributed by atoms with Crippen molar-refractivity contribution in [3.63, 3.8) is 0 Å². The SMILES string of the molecule is CCCC(=O)c1cnn(C2CCC(NC(=O)Oc3cn(CC(=O)N4CCN(C)CC4)c4ccc(Cl)cc34)CC2)c1C. The van der Waals surface area contributed by atoms with E-state index >= 15 is 0 Å². The number of carbonyl (C=O) groups excluding carboxylic acids is 3. The van der Waals surface area contributed by atoms with Gasteiger partial charge < -0.3 is 24.4 Å². The van der Waals surface area contributed by atoms with Gasteiger partial charge in [-0.3, -0.25) is 14.3 Å². The molecule has 1 aromatic carbocycles. The number of aromatic nitrogens is 3. The highest BCUT2D eigenvalue weighted by atomic mass is 35.5. The van der Waals surface area contributed by atoms with Gasteiger partial charge in [0.2, 0.25) is 5.91 Å². The van der Waals surface area contributed by atoms with E-state index < -0.39 is 6.09 Å². The van der Waals surface area contributed by atoms with E-state index in [4.69, 9.17) is 16.3 Å². The maximum absolute atomic E-state index is 13.0. The Morgan fingerprint density at radius 1 is 1.10 bits per heavy atom. The van der Waals surface area contributed by atoms with Gasteiger partial charge in [-0.1, -0.05) is 18.5 Å². The van der Waals surface area contributed by atoms with Crippen LogP contribution in [0.5, 0.6) is 5.75 Å². The number of nitrogens with zero attached hydrogens (tertiary/aromatic N) is 5. The van der Waals surface area contributed by atoms with Crippen LogP contribution >= 0.6 is 11.6 Å². The molecule has 0 bridgehead atoms. The number of amides is 2. The number of piperazine rings is 1. The third-order valence-electron chi connectivity index (χ3n) is 8.36. The zero-order valence-electron chi connectivity index (χ0n) is 24.1. The minimum atomic E-state index is -0.527. The molecule has 41 heavy (non-hydrogen) atoms. The van der Waals surface area contributed by atoms with Crippen molar-refractivity contribution in [1.82, 2.24) is 29.5 Å². The van der Waals surface area contributed by atoms with E-state index in [-0.39, 0.29) is 30.3 Å². The van der Waals surface area contributed by atoms with Crippen LogP contribution in [0.3, 0.4) is 0 Å². The molecule has 10 nitrogen and oxygen atoms in total. The van der Waals surface area contributed by atoms with Crippen molar-refractivity contribution in [2.75, 3.05) is 33.2 Å². The smallest absolute Gasteiger partial charge is 0.408 e. The molecule has 220 valence electrons. The maximum atomic E-state index is 13.0. The van der Waals surface area contributed by atoms with Crippen LogP contribution in [0.4, 0.5) is 4.79 Å². The highest BCUT2D eigenvalue weighted by Gasteiger charge is 2.27. The van der Waals surface area contributed by atoms with Gasteiger partial charge in [-0.15, -0.1) is 0 Å². The summed E-state index contributed by atoms with van der Waals surface area (Å²) < 4.78 is 9.57. The second-order valence-corrected chi connectivity index (χ2v) is 11.7. The fourth-order valence-electron chi connectivity index (χ4n) is 5.94. The molecule has 1 saturated heterocycles. The van der Waals surface area contributed by atoms with E-state index in [0.717, 1.165) is 56.4 Å². The van der Waals surface area contributed by atoms with Gasteiger partial charge in [0, 0.05) is 60.9 Å². The van der Waals surface area contributed by atoms with Crippen LogP contribution in [0.2, 0.25) is 5.02 Å². The molecule has 1 aliphatic carbocycles. The molecule has 3 aromatic rings. The summed E-state index contributed by atoms with van der Waals surface area (Å²) in [6.07, 6.45) is 7.48. The number of rotatable bonds is 8. The first-order chi connectivity index (χ1) is 19.7. The van der Waals surface area contributed by atoms with E-state index in [1.165, 1.54) is 0 Å². The zero-order valence-corrected chi connectivity index (χ0v) is 24.8. The molecule has 11 heteroatoms. The molecular weight excluding hydrogens is 544 g/mol. The molecule has 1 saturated carbocycles. The summed E-state index contributed by atoms with van der Waals surface area (Å²) in [5, 5.41) is 8.74. The van der Waals surface area contributed by atoms with Gasteiger partial charge in [-0.05, 0) is 64.3 Å². The summed E-state index contributed by atoms with van der Waals surface area (Å²) in [4.78, 5) is 42.4. The lowest BCUT2D eigenvalue weighted by Gasteiger charge is -2.32. The molecule has 3 heterocycles. The lowest BCUT2D eigenvalue weighted by atomic mass is 9.91. The van der Waals surface area contributed by atoms with Gasteiger partial charge in [0.1, 0.15) is 6.54 Å². The number of fused-ring (bicyclic) bond motifs is 1. The molecule has 2 amide bonds. The minimum Gasteiger partial charge on any atom is -0.408 e. The normalized spacial score (nSPS) is 19.9. The highest BCUT2D eigenvalue weighted by Crippen LogP contribution is 2.32. The molecule has 5 rings (SSSR count). The fraction of sp³-hybridized carbons (Fsp3) is 0.533. The molecule has 0 spiro atoms. The number of halogens is 1. The van der Waals surface area contributed by atoms with Crippen molar-refractivity contribution >= 4 is 40.3 Å². The lowest BCUT2D eigenvalue weighted by Crippen LogP contribution is -2.48. The average molecular weight is 583 g/mol. The first-order valence-electron chi connectivity index (χ1n) is 14.5. The number of ketones is 1. The molecule has 2 aromatic heterocycles. The lowest BCUT2D eigenvalue weighted by molar-refractivity contribution is -0.133. The summed E-state index contributed by atoms with van der Waals surface area (Å²) in [7, 11) is 2.05. The zero-order chi connectivity index (χ0) is 29.1. The van der Waals surface area contributed by atoms with Crippen LogP contribution in [0.1, 0.15) is 67.5 Å². The third-order valence-corrected chi connectivity index (χ3v) is 8.59. The molecule has 2 aliphatic rings.